The van der Waals surface area contributed by atoms with E-state index in [-0.39, 0.29) is 23.5 Å². The number of methoxy groups -OCH3 is 2. The van der Waals surface area contributed by atoms with Gasteiger partial charge in [0.15, 0.2) is 11.5 Å². The second kappa shape index (κ2) is 5.35. The molecule has 3 saturated heterocycles. The van der Waals surface area contributed by atoms with Gasteiger partial charge in [0.25, 0.3) is 0 Å². The first-order valence-corrected chi connectivity index (χ1v) is 10.8. The molecule has 1 spiro atoms. The van der Waals surface area contributed by atoms with Gasteiger partial charge in [-0.25, -0.2) is 0 Å². The zero-order valence-corrected chi connectivity index (χ0v) is 16.9. The van der Waals surface area contributed by atoms with Gasteiger partial charge in [-0.15, -0.1) is 0 Å². The van der Waals surface area contributed by atoms with E-state index < -0.39 is 0 Å². The molecule has 6 atom stereocenters. The Morgan fingerprint density at radius 3 is 2.86 bits per heavy atom. The highest BCUT2D eigenvalue weighted by Gasteiger charge is 2.71. The van der Waals surface area contributed by atoms with Crippen LogP contribution in [-0.2, 0) is 14.9 Å². The summed E-state index contributed by atoms with van der Waals surface area (Å²) in [6.07, 6.45) is 5.11. The van der Waals surface area contributed by atoms with E-state index in [0.717, 1.165) is 30.9 Å². The van der Waals surface area contributed by atoms with Gasteiger partial charge in [-0.3, -0.25) is 9.69 Å². The van der Waals surface area contributed by atoms with E-state index in [4.69, 9.17) is 14.2 Å². The molecular weight excluding hydrogens is 368 g/mol. The highest BCUT2D eigenvalue weighted by atomic mass is 16.5. The Morgan fingerprint density at radius 2 is 2.03 bits per heavy atom. The number of hydrogen-bond acceptors (Lipinski definition) is 5. The summed E-state index contributed by atoms with van der Waals surface area (Å²) in [6, 6.07) is 4.87. The first-order chi connectivity index (χ1) is 14.2. The molecule has 152 valence electrons. The van der Waals surface area contributed by atoms with Crippen LogP contribution in [0.3, 0.4) is 0 Å². The highest BCUT2D eigenvalue weighted by Crippen LogP contribution is 2.66. The van der Waals surface area contributed by atoms with Gasteiger partial charge in [-0.2, -0.15) is 0 Å². The summed E-state index contributed by atoms with van der Waals surface area (Å²) in [5, 5.41) is 0. The van der Waals surface area contributed by atoms with Crippen LogP contribution in [0.15, 0.2) is 23.8 Å². The van der Waals surface area contributed by atoms with Gasteiger partial charge in [0.1, 0.15) is 0 Å². The van der Waals surface area contributed by atoms with Crippen molar-refractivity contribution in [1.82, 2.24) is 4.90 Å². The minimum absolute atomic E-state index is 0.0242. The molecule has 1 aromatic rings. The third kappa shape index (κ3) is 1.76. The number of fused-ring (bicyclic) bond motifs is 2. The lowest BCUT2D eigenvalue weighted by Gasteiger charge is -2.58. The Hall–Kier alpha value is -2.05. The summed E-state index contributed by atoms with van der Waals surface area (Å²) in [5.41, 5.74) is 3.85. The van der Waals surface area contributed by atoms with Gasteiger partial charge in [0.05, 0.1) is 45.1 Å². The molecule has 6 heteroatoms. The molecule has 5 heterocycles. The van der Waals surface area contributed by atoms with Gasteiger partial charge in [-0.05, 0) is 36.9 Å². The molecule has 1 aromatic carbocycles. The van der Waals surface area contributed by atoms with E-state index in [9.17, 15) is 4.79 Å². The second-order valence-corrected chi connectivity index (χ2v) is 9.48. The van der Waals surface area contributed by atoms with Crippen molar-refractivity contribution in [2.45, 2.75) is 42.9 Å². The van der Waals surface area contributed by atoms with Gasteiger partial charge in [-0.1, -0.05) is 11.6 Å². The number of nitrogens with zero attached hydrogens (tertiary/aromatic N) is 2. The van der Waals surface area contributed by atoms with Crippen molar-refractivity contribution in [3.05, 3.63) is 29.3 Å². The summed E-state index contributed by atoms with van der Waals surface area (Å²) in [5.74, 6) is 2.57. The van der Waals surface area contributed by atoms with Gasteiger partial charge in [0, 0.05) is 30.0 Å². The fourth-order valence-electron chi connectivity index (χ4n) is 7.87. The van der Waals surface area contributed by atoms with Crippen molar-refractivity contribution < 1.29 is 19.0 Å². The topological polar surface area (TPSA) is 51.2 Å². The normalized spacial score (nSPS) is 41.0. The van der Waals surface area contributed by atoms with Gasteiger partial charge >= 0.3 is 0 Å². The Balaban J connectivity index is 1.52. The average Bonchev–Trinajstić information content (AvgIpc) is 3.20. The summed E-state index contributed by atoms with van der Waals surface area (Å²) in [4.78, 5) is 18.3. The zero-order chi connectivity index (χ0) is 19.5. The Kier molecular flexibility index (Phi) is 3.08. The molecule has 6 nitrogen and oxygen atoms in total. The second-order valence-electron chi connectivity index (χ2n) is 9.48. The summed E-state index contributed by atoms with van der Waals surface area (Å²) >= 11 is 0. The van der Waals surface area contributed by atoms with E-state index in [1.54, 1.807) is 19.8 Å². The lowest BCUT2D eigenvalue weighted by molar-refractivity contribution is -0.132. The Bertz CT molecular complexity index is 974. The Labute approximate surface area is 170 Å². The van der Waals surface area contributed by atoms with E-state index in [2.05, 4.69) is 21.9 Å². The fourth-order valence-corrected chi connectivity index (χ4v) is 7.87. The lowest BCUT2D eigenvalue weighted by atomic mass is 9.53. The SMILES string of the molecule is COc1cc2c(cc1OC)C13CCN4CC5=CCO[C@H]6CC(=O)N2[C@H]1[C@H]6[C@H]5CC43. The van der Waals surface area contributed by atoms with Crippen LogP contribution in [0.4, 0.5) is 5.69 Å². The molecule has 1 saturated carbocycles. The van der Waals surface area contributed by atoms with Crippen molar-refractivity contribution in [2.75, 3.05) is 38.8 Å². The number of ether oxygens (including phenoxy) is 3. The van der Waals surface area contributed by atoms with Crippen LogP contribution in [0, 0.1) is 11.8 Å². The molecule has 5 aliphatic heterocycles. The van der Waals surface area contributed by atoms with Gasteiger partial charge < -0.3 is 19.1 Å². The standard InChI is InChI=1S/C23H26N2O4/c1-27-16-8-14-15(9-17(16)28-2)25-20(26)10-18-21-13-7-19-23(14,22(21)25)4-5-24(19)11-12(13)3-6-29-18/h3,8-9,13,18-19,21-22H,4-7,10-11H2,1-2H3/t13-,18-,19?,21-,22-,23?/m0/s1. The van der Waals surface area contributed by atoms with Crippen LogP contribution in [0.5, 0.6) is 11.5 Å². The minimum atomic E-state index is -0.0242. The van der Waals surface area contributed by atoms with Crippen molar-refractivity contribution >= 4 is 11.6 Å². The molecule has 29 heavy (non-hydrogen) atoms. The smallest absolute Gasteiger partial charge is 0.229 e. The maximum atomic E-state index is 13.5. The number of amides is 1. The summed E-state index contributed by atoms with van der Waals surface area (Å²) in [7, 11) is 3.36. The van der Waals surface area contributed by atoms with Crippen LogP contribution >= 0.6 is 0 Å². The summed E-state index contributed by atoms with van der Waals surface area (Å²) in [6.45, 7) is 2.80. The summed E-state index contributed by atoms with van der Waals surface area (Å²) < 4.78 is 17.6. The number of hydrogen-bond donors (Lipinski definition) is 0. The highest BCUT2D eigenvalue weighted by molar-refractivity contribution is 5.99. The fraction of sp³-hybridized carbons (Fsp3) is 0.609. The number of benzene rings is 1. The molecular formula is C23H26N2O4. The number of anilines is 1. The molecule has 0 N–H and O–H groups in total. The zero-order valence-electron chi connectivity index (χ0n) is 16.9. The van der Waals surface area contributed by atoms with E-state index in [0.29, 0.717) is 36.7 Å². The number of piperidine rings is 2. The largest absolute Gasteiger partial charge is 0.493 e. The van der Waals surface area contributed by atoms with Crippen LogP contribution < -0.4 is 14.4 Å². The van der Waals surface area contributed by atoms with Crippen molar-refractivity contribution in [3.8, 4) is 11.5 Å². The molecule has 2 bridgehead atoms. The predicted molar refractivity (Wildman–Crippen MR) is 107 cm³/mol. The third-order valence-corrected chi connectivity index (χ3v) is 8.81. The maximum Gasteiger partial charge on any atom is 0.229 e. The average molecular weight is 394 g/mol. The van der Waals surface area contributed by atoms with Crippen molar-refractivity contribution in [1.29, 1.82) is 0 Å². The van der Waals surface area contributed by atoms with E-state index in [1.807, 2.05) is 6.07 Å². The Morgan fingerprint density at radius 1 is 1.21 bits per heavy atom. The molecule has 2 unspecified atom stereocenters. The first kappa shape index (κ1) is 16.7. The third-order valence-electron chi connectivity index (χ3n) is 8.81. The molecule has 4 fully saturated rings. The molecule has 0 radical (unpaired) electrons. The molecule has 1 aliphatic carbocycles. The van der Waals surface area contributed by atoms with Gasteiger partial charge in [0.2, 0.25) is 5.91 Å². The number of carbonyl (C=O) groups excluding carboxylic acids is 1. The number of rotatable bonds is 2. The van der Waals surface area contributed by atoms with Crippen LogP contribution in [0.2, 0.25) is 0 Å². The van der Waals surface area contributed by atoms with Crippen LogP contribution in [0.25, 0.3) is 0 Å². The molecule has 1 amide bonds. The number of carbonyl (C=O) groups is 1. The molecule has 6 aliphatic rings. The minimum Gasteiger partial charge on any atom is -0.493 e. The van der Waals surface area contributed by atoms with Crippen molar-refractivity contribution in [2.24, 2.45) is 11.8 Å². The maximum absolute atomic E-state index is 13.5. The van der Waals surface area contributed by atoms with Crippen LogP contribution in [0.1, 0.15) is 24.8 Å². The molecule has 7 rings (SSSR count). The van der Waals surface area contributed by atoms with Crippen LogP contribution in [-0.4, -0.2) is 62.9 Å². The van der Waals surface area contributed by atoms with E-state index >= 15 is 0 Å². The quantitative estimate of drug-likeness (QED) is 0.719. The van der Waals surface area contributed by atoms with Crippen molar-refractivity contribution in [3.63, 3.8) is 0 Å². The monoisotopic (exact) mass is 394 g/mol. The lowest BCUT2D eigenvalue weighted by Crippen LogP contribution is -2.69. The molecule has 0 aromatic heterocycles. The van der Waals surface area contributed by atoms with E-state index in [1.165, 1.54) is 12.0 Å². The predicted octanol–water partition coefficient (Wildman–Crippen LogP) is 2.11. The first-order valence-electron chi connectivity index (χ1n) is 10.8.